The lowest BCUT2D eigenvalue weighted by Gasteiger charge is -2.15. The van der Waals surface area contributed by atoms with Crippen LogP contribution in [-0.4, -0.2) is 32.8 Å². The van der Waals surface area contributed by atoms with Crippen LogP contribution in [0.1, 0.15) is 35.8 Å². The minimum atomic E-state index is -3.90. The Bertz CT molecular complexity index is 992. The van der Waals surface area contributed by atoms with Gasteiger partial charge in [0, 0.05) is 13.0 Å². The van der Waals surface area contributed by atoms with E-state index in [0.29, 0.717) is 0 Å². The second kappa shape index (κ2) is 9.80. The largest absolute Gasteiger partial charge is 0.452 e. The summed E-state index contributed by atoms with van der Waals surface area (Å²) in [4.78, 5) is 34.2. The van der Waals surface area contributed by atoms with Gasteiger partial charge in [0.15, 0.2) is 6.61 Å². The number of amides is 2. The van der Waals surface area contributed by atoms with Gasteiger partial charge in [-0.1, -0.05) is 36.4 Å². The number of carbonyl (C=O) groups is 3. The quantitative estimate of drug-likeness (QED) is 0.454. The molecule has 0 radical (unpaired) electrons. The number of carbonyl (C=O) groups excluding carboxylic acids is 3. The normalized spacial score (nSPS) is 11.9. The number of hydrazine groups is 1. The van der Waals surface area contributed by atoms with Crippen molar-refractivity contribution >= 4 is 27.8 Å². The lowest BCUT2D eigenvalue weighted by Crippen LogP contribution is -2.42. The Morgan fingerprint density at radius 2 is 1.69 bits per heavy atom. The maximum absolute atomic E-state index is 12.6. The molecule has 0 aliphatic heterocycles. The Morgan fingerprint density at radius 1 is 1.00 bits per heavy atom. The highest BCUT2D eigenvalue weighted by atomic mass is 32.2. The average molecular weight is 419 g/mol. The summed E-state index contributed by atoms with van der Waals surface area (Å²) in [5.41, 5.74) is 4.85. The molecule has 0 spiro atoms. The van der Waals surface area contributed by atoms with E-state index >= 15 is 0 Å². The summed E-state index contributed by atoms with van der Waals surface area (Å²) in [5, 5.41) is 0. The predicted octanol–water partition coefficient (Wildman–Crippen LogP) is 1.05. The molecule has 29 heavy (non-hydrogen) atoms. The number of rotatable bonds is 7. The van der Waals surface area contributed by atoms with Gasteiger partial charge in [0.25, 0.3) is 5.91 Å². The predicted molar refractivity (Wildman–Crippen MR) is 104 cm³/mol. The molecule has 2 aromatic carbocycles. The summed E-state index contributed by atoms with van der Waals surface area (Å²) in [6.07, 6.45) is 0. The monoisotopic (exact) mass is 419 g/mol. The molecule has 0 heterocycles. The second-order valence-corrected chi connectivity index (χ2v) is 7.80. The Balaban J connectivity index is 2.04. The Hall–Kier alpha value is -3.24. The van der Waals surface area contributed by atoms with Crippen molar-refractivity contribution in [2.24, 2.45) is 0 Å². The summed E-state index contributed by atoms with van der Waals surface area (Å²) >= 11 is 0. The van der Waals surface area contributed by atoms with E-state index < -0.39 is 40.5 Å². The lowest BCUT2D eigenvalue weighted by atomic mass is 10.1. The van der Waals surface area contributed by atoms with Gasteiger partial charge in [-0.15, -0.1) is 0 Å². The van der Waals surface area contributed by atoms with Crippen molar-refractivity contribution in [2.75, 3.05) is 6.61 Å². The van der Waals surface area contributed by atoms with E-state index in [4.69, 9.17) is 4.74 Å². The zero-order valence-corrected chi connectivity index (χ0v) is 16.7. The van der Waals surface area contributed by atoms with E-state index in [2.05, 4.69) is 10.1 Å². The van der Waals surface area contributed by atoms with Crippen molar-refractivity contribution in [3.8, 4) is 0 Å². The number of nitrogens with one attached hydrogen (secondary N) is 3. The molecule has 2 aromatic rings. The molecule has 0 saturated heterocycles. The van der Waals surface area contributed by atoms with Crippen molar-refractivity contribution in [2.45, 2.75) is 24.8 Å². The van der Waals surface area contributed by atoms with Crippen LogP contribution in [0.2, 0.25) is 0 Å². The summed E-state index contributed by atoms with van der Waals surface area (Å²) in [5.74, 6) is -2.10. The van der Waals surface area contributed by atoms with E-state index in [1.807, 2.05) is 11.5 Å². The molecule has 0 unspecified atom stereocenters. The molecule has 0 bridgehead atoms. The van der Waals surface area contributed by atoms with Crippen molar-refractivity contribution in [3.63, 3.8) is 0 Å². The molecule has 9 nitrogen and oxygen atoms in total. The van der Waals surface area contributed by atoms with Crippen LogP contribution in [0.3, 0.4) is 0 Å². The highest BCUT2D eigenvalue weighted by Gasteiger charge is 2.20. The topological polar surface area (TPSA) is 131 Å². The van der Waals surface area contributed by atoms with E-state index in [1.165, 1.54) is 25.1 Å². The number of hydrogen-bond acceptors (Lipinski definition) is 6. The molecule has 10 heteroatoms. The van der Waals surface area contributed by atoms with Gasteiger partial charge in [0.1, 0.15) is 0 Å². The minimum Gasteiger partial charge on any atom is -0.452 e. The van der Waals surface area contributed by atoms with Crippen LogP contribution < -0.4 is 15.6 Å². The summed E-state index contributed by atoms with van der Waals surface area (Å²) < 4.78 is 32.6. The van der Waals surface area contributed by atoms with Gasteiger partial charge in [0.05, 0.1) is 10.5 Å². The van der Waals surface area contributed by atoms with Crippen molar-refractivity contribution in [1.29, 1.82) is 0 Å². The highest BCUT2D eigenvalue weighted by Crippen LogP contribution is 2.18. The van der Waals surface area contributed by atoms with Gasteiger partial charge in [-0.05, 0) is 30.7 Å². The number of esters is 1. The third kappa shape index (κ3) is 6.70. The maximum atomic E-state index is 12.6. The van der Waals surface area contributed by atoms with Crippen LogP contribution in [0.5, 0.6) is 0 Å². The zero-order valence-electron chi connectivity index (χ0n) is 15.8. The van der Waals surface area contributed by atoms with Crippen LogP contribution in [0.25, 0.3) is 0 Å². The van der Waals surface area contributed by atoms with Crippen LogP contribution in [0, 0.1) is 0 Å². The lowest BCUT2D eigenvalue weighted by molar-refractivity contribution is -0.129. The number of sulfonamides is 1. The summed E-state index contributed by atoms with van der Waals surface area (Å²) in [6.45, 7) is 2.27. The van der Waals surface area contributed by atoms with Crippen LogP contribution >= 0.6 is 0 Å². The fourth-order valence-electron chi connectivity index (χ4n) is 2.31. The average Bonchev–Trinajstić information content (AvgIpc) is 2.70. The first-order chi connectivity index (χ1) is 13.7. The molecule has 0 fully saturated rings. The minimum absolute atomic E-state index is 0.0347. The molecule has 0 aliphatic rings. The smallest absolute Gasteiger partial charge is 0.338 e. The van der Waals surface area contributed by atoms with Gasteiger partial charge >= 0.3 is 5.97 Å². The molecule has 3 N–H and O–H groups in total. The van der Waals surface area contributed by atoms with Gasteiger partial charge < -0.3 is 4.74 Å². The Morgan fingerprint density at radius 3 is 2.34 bits per heavy atom. The molecule has 0 aliphatic carbocycles. The number of ether oxygens (including phenoxy) is 1. The summed E-state index contributed by atoms with van der Waals surface area (Å²) in [6, 6.07) is 13.8. The molecule has 2 amide bonds. The molecule has 0 saturated carbocycles. The van der Waals surface area contributed by atoms with E-state index in [1.54, 1.807) is 31.2 Å². The second-order valence-electron chi connectivity index (χ2n) is 6.09. The van der Waals surface area contributed by atoms with Crippen molar-refractivity contribution in [3.05, 3.63) is 65.7 Å². The summed E-state index contributed by atoms with van der Waals surface area (Å²) in [7, 11) is -3.90. The first kappa shape index (κ1) is 22.1. The fraction of sp³-hybridized carbons (Fsp3) is 0.211. The Labute approximate surface area is 168 Å². The maximum Gasteiger partial charge on any atom is 0.338 e. The van der Waals surface area contributed by atoms with E-state index in [-0.39, 0.29) is 10.5 Å². The van der Waals surface area contributed by atoms with E-state index in [9.17, 15) is 22.8 Å². The third-order valence-electron chi connectivity index (χ3n) is 3.72. The van der Waals surface area contributed by atoms with Crippen LogP contribution in [-0.2, 0) is 24.3 Å². The highest BCUT2D eigenvalue weighted by molar-refractivity contribution is 7.89. The number of hydrogen-bond donors (Lipinski definition) is 3. The number of benzene rings is 2. The van der Waals surface area contributed by atoms with E-state index in [0.717, 1.165) is 11.6 Å². The van der Waals surface area contributed by atoms with Gasteiger partial charge in [0.2, 0.25) is 15.9 Å². The molecular weight excluding hydrogens is 398 g/mol. The zero-order chi connectivity index (χ0) is 21.4. The van der Waals surface area contributed by atoms with Crippen molar-refractivity contribution < 1.29 is 27.5 Å². The molecular formula is C19H21N3O6S. The first-order valence-electron chi connectivity index (χ1n) is 8.59. The first-order valence-corrected chi connectivity index (χ1v) is 10.1. The third-order valence-corrected chi connectivity index (χ3v) is 5.26. The van der Waals surface area contributed by atoms with Gasteiger partial charge in [-0.3, -0.25) is 20.4 Å². The Kier molecular flexibility index (Phi) is 7.46. The van der Waals surface area contributed by atoms with Crippen molar-refractivity contribution in [1.82, 2.24) is 15.6 Å². The molecule has 0 aromatic heterocycles. The molecule has 2 rings (SSSR count). The SMILES string of the molecule is CC(=O)NNC(=O)COC(=O)c1cccc(S(=O)(=O)N[C@@H](C)c2ccccc2)c1. The molecule has 154 valence electrons. The standard InChI is InChI=1S/C19H21N3O6S/c1-13(15-7-4-3-5-8-15)22-29(26,27)17-10-6-9-16(11-17)19(25)28-12-18(24)21-20-14(2)23/h3-11,13,22H,12H2,1-2H3,(H,20,23)(H,21,24)/t13-/m0/s1. The molecule has 1 atom stereocenters. The van der Waals surface area contributed by atoms with Crippen LogP contribution in [0.15, 0.2) is 59.5 Å². The van der Waals surface area contributed by atoms with Gasteiger partial charge in [-0.25, -0.2) is 17.9 Å². The van der Waals surface area contributed by atoms with Crippen LogP contribution in [0.4, 0.5) is 0 Å². The van der Waals surface area contributed by atoms with Gasteiger partial charge in [-0.2, -0.15) is 0 Å². The fourth-order valence-corrected chi connectivity index (χ4v) is 3.59.